The Bertz CT molecular complexity index is 519. The number of carbonyl (C=O) groups excluding carboxylic acids is 1. The zero-order valence-electron chi connectivity index (χ0n) is 9.77. The molecule has 1 aromatic carbocycles. The molecular weight excluding hydrogens is 220 g/mol. The summed E-state index contributed by atoms with van der Waals surface area (Å²) in [5, 5.41) is 7.09. The lowest BCUT2D eigenvalue weighted by molar-refractivity contribution is 0.147. The first-order chi connectivity index (χ1) is 8.16. The molecule has 1 amide bonds. The van der Waals surface area contributed by atoms with E-state index in [9.17, 15) is 4.79 Å². The predicted molar refractivity (Wildman–Crippen MR) is 63.8 cm³/mol. The Balaban J connectivity index is 2.06. The zero-order chi connectivity index (χ0) is 12.3. The molecule has 2 aromatic rings. The molecule has 1 N–H and O–H groups in total. The van der Waals surface area contributed by atoms with Crippen molar-refractivity contribution in [3.05, 3.63) is 24.3 Å². The highest BCUT2D eigenvalue weighted by atomic mass is 16.5. The van der Waals surface area contributed by atoms with Gasteiger partial charge >= 0.3 is 6.09 Å². The van der Waals surface area contributed by atoms with Gasteiger partial charge in [0.25, 0.3) is 0 Å². The molecule has 0 saturated carbocycles. The second-order valence-corrected chi connectivity index (χ2v) is 4.14. The third-order valence-electron chi connectivity index (χ3n) is 2.15. The number of hydrogen-bond donors (Lipinski definition) is 1. The molecule has 0 aliphatic carbocycles. The van der Waals surface area contributed by atoms with Crippen molar-refractivity contribution in [1.29, 1.82) is 0 Å². The average molecular weight is 234 g/mol. The number of rotatable bonds is 3. The smallest absolute Gasteiger partial charge is 0.412 e. The molecule has 0 unspecified atom stereocenters. The molecule has 5 heteroatoms. The van der Waals surface area contributed by atoms with Gasteiger partial charge in [-0.3, -0.25) is 5.32 Å². The number of benzene rings is 1. The minimum absolute atomic E-state index is 0.301. The number of amides is 1. The molecule has 2 rings (SSSR count). The first kappa shape index (κ1) is 11.4. The molecule has 17 heavy (non-hydrogen) atoms. The van der Waals surface area contributed by atoms with E-state index in [0.717, 1.165) is 5.39 Å². The number of ether oxygens (including phenoxy) is 1. The van der Waals surface area contributed by atoms with Gasteiger partial charge in [0.1, 0.15) is 0 Å². The Labute approximate surface area is 98.7 Å². The number of nitrogens with one attached hydrogen (secondary N) is 1. The molecule has 0 atom stereocenters. The number of fused-ring (bicyclic) bond motifs is 1. The van der Waals surface area contributed by atoms with Crippen molar-refractivity contribution in [2.24, 2.45) is 5.92 Å². The molecular formula is C12H14N2O3. The second-order valence-electron chi connectivity index (χ2n) is 4.14. The Morgan fingerprint density at radius 1 is 1.47 bits per heavy atom. The van der Waals surface area contributed by atoms with Crippen LogP contribution in [0.3, 0.4) is 0 Å². The van der Waals surface area contributed by atoms with Crippen molar-refractivity contribution < 1.29 is 14.1 Å². The maximum absolute atomic E-state index is 11.4. The first-order valence-electron chi connectivity index (χ1n) is 5.45. The van der Waals surface area contributed by atoms with E-state index >= 15 is 0 Å². The van der Waals surface area contributed by atoms with E-state index in [1.54, 1.807) is 6.07 Å². The van der Waals surface area contributed by atoms with E-state index in [4.69, 9.17) is 9.26 Å². The van der Waals surface area contributed by atoms with Crippen LogP contribution >= 0.6 is 0 Å². The molecule has 0 spiro atoms. The van der Waals surface area contributed by atoms with Crippen LogP contribution in [0, 0.1) is 5.92 Å². The summed E-state index contributed by atoms with van der Waals surface area (Å²) < 4.78 is 10.0. The standard InChI is InChI=1S/C12H14N2O3/c1-8(2)7-16-12(15)13-11-9-5-3-4-6-10(9)17-14-11/h3-6,8H,7H2,1-2H3,(H,13,14,15). The van der Waals surface area contributed by atoms with Crippen LogP contribution in [0.15, 0.2) is 28.8 Å². The molecule has 0 radical (unpaired) electrons. The van der Waals surface area contributed by atoms with Gasteiger partial charge in [-0.05, 0) is 18.1 Å². The molecule has 90 valence electrons. The Hall–Kier alpha value is -2.04. The summed E-state index contributed by atoms with van der Waals surface area (Å²) in [5.41, 5.74) is 0.631. The Kier molecular flexibility index (Phi) is 3.27. The molecule has 1 heterocycles. The lowest BCUT2D eigenvalue weighted by Crippen LogP contribution is -2.16. The summed E-state index contributed by atoms with van der Waals surface area (Å²) in [5.74, 6) is 0.684. The molecule has 0 saturated heterocycles. The Morgan fingerprint density at radius 3 is 3.00 bits per heavy atom. The third-order valence-corrected chi connectivity index (χ3v) is 2.15. The summed E-state index contributed by atoms with van der Waals surface area (Å²) >= 11 is 0. The van der Waals surface area contributed by atoms with Gasteiger partial charge in [-0.25, -0.2) is 4.79 Å². The quantitative estimate of drug-likeness (QED) is 0.886. The summed E-state index contributed by atoms with van der Waals surface area (Å²) in [6, 6.07) is 7.30. The fourth-order valence-corrected chi connectivity index (χ4v) is 1.35. The van der Waals surface area contributed by atoms with E-state index in [0.29, 0.717) is 23.9 Å². The third kappa shape index (κ3) is 2.75. The lowest BCUT2D eigenvalue weighted by Gasteiger charge is -2.06. The van der Waals surface area contributed by atoms with Crippen molar-refractivity contribution in [2.75, 3.05) is 11.9 Å². The summed E-state index contributed by atoms with van der Waals surface area (Å²) in [4.78, 5) is 11.4. The van der Waals surface area contributed by atoms with E-state index < -0.39 is 6.09 Å². The van der Waals surface area contributed by atoms with Crippen molar-refractivity contribution in [1.82, 2.24) is 5.16 Å². The lowest BCUT2D eigenvalue weighted by atomic mass is 10.2. The summed E-state index contributed by atoms with van der Waals surface area (Å²) in [6.07, 6.45) is -0.516. The van der Waals surface area contributed by atoms with E-state index in [1.165, 1.54) is 0 Å². The van der Waals surface area contributed by atoms with Crippen LogP contribution in [-0.2, 0) is 4.74 Å². The van der Waals surface area contributed by atoms with Crippen LogP contribution in [-0.4, -0.2) is 17.9 Å². The maximum Gasteiger partial charge on any atom is 0.412 e. The minimum atomic E-state index is -0.516. The van der Waals surface area contributed by atoms with Crippen molar-refractivity contribution in [3.8, 4) is 0 Å². The maximum atomic E-state index is 11.4. The van der Waals surface area contributed by atoms with E-state index in [1.807, 2.05) is 32.0 Å². The van der Waals surface area contributed by atoms with Crippen LogP contribution in [0.4, 0.5) is 10.6 Å². The van der Waals surface area contributed by atoms with Crippen molar-refractivity contribution in [2.45, 2.75) is 13.8 Å². The van der Waals surface area contributed by atoms with Gasteiger partial charge in [0.2, 0.25) is 0 Å². The van der Waals surface area contributed by atoms with Crippen LogP contribution in [0.2, 0.25) is 0 Å². The number of hydrogen-bond acceptors (Lipinski definition) is 4. The highest BCUT2D eigenvalue weighted by molar-refractivity contribution is 5.95. The van der Waals surface area contributed by atoms with Gasteiger partial charge < -0.3 is 9.26 Å². The largest absolute Gasteiger partial charge is 0.449 e. The van der Waals surface area contributed by atoms with E-state index in [2.05, 4.69) is 10.5 Å². The highest BCUT2D eigenvalue weighted by Gasteiger charge is 2.11. The number of aromatic nitrogens is 1. The number of para-hydroxylation sites is 1. The number of anilines is 1. The number of nitrogens with zero attached hydrogens (tertiary/aromatic N) is 1. The topological polar surface area (TPSA) is 64.4 Å². The van der Waals surface area contributed by atoms with Gasteiger partial charge in [-0.15, -0.1) is 0 Å². The second kappa shape index (κ2) is 4.86. The molecule has 0 aliphatic heterocycles. The van der Waals surface area contributed by atoms with Gasteiger partial charge in [0, 0.05) is 0 Å². The van der Waals surface area contributed by atoms with Gasteiger partial charge in [-0.2, -0.15) is 0 Å². The molecule has 0 fully saturated rings. The SMILES string of the molecule is CC(C)COC(=O)Nc1noc2ccccc12. The molecule has 1 aromatic heterocycles. The van der Waals surface area contributed by atoms with Crippen LogP contribution < -0.4 is 5.32 Å². The highest BCUT2D eigenvalue weighted by Crippen LogP contribution is 2.21. The fourth-order valence-electron chi connectivity index (χ4n) is 1.35. The summed E-state index contributed by atoms with van der Waals surface area (Å²) in [7, 11) is 0. The first-order valence-corrected chi connectivity index (χ1v) is 5.45. The Morgan fingerprint density at radius 2 is 2.24 bits per heavy atom. The zero-order valence-corrected chi connectivity index (χ0v) is 9.77. The average Bonchev–Trinajstić information content (AvgIpc) is 2.70. The minimum Gasteiger partial charge on any atom is -0.449 e. The summed E-state index contributed by atoms with van der Waals surface area (Å²) in [6.45, 7) is 4.32. The normalized spacial score (nSPS) is 10.8. The van der Waals surface area contributed by atoms with Crippen molar-refractivity contribution in [3.63, 3.8) is 0 Å². The van der Waals surface area contributed by atoms with Gasteiger partial charge in [0.15, 0.2) is 11.4 Å². The van der Waals surface area contributed by atoms with Crippen LogP contribution in [0.1, 0.15) is 13.8 Å². The monoisotopic (exact) mass is 234 g/mol. The molecule has 0 bridgehead atoms. The van der Waals surface area contributed by atoms with Gasteiger partial charge in [-0.1, -0.05) is 31.1 Å². The fraction of sp³-hybridized carbons (Fsp3) is 0.333. The van der Waals surface area contributed by atoms with Crippen molar-refractivity contribution >= 4 is 22.9 Å². The van der Waals surface area contributed by atoms with Crippen LogP contribution in [0.5, 0.6) is 0 Å². The van der Waals surface area contributed by atoms with Crippen LogP contribution in [0.25, 0.3) is 11.0 Å². The number of carbonyl (C=O) groups is 1. The molecule has 0 aliphatic rings. The molecule has 5 nitrogen and oxygen atoms in total. The van der Waals surface area contributed by atoms with Gasteiger partial charge in [0.05, 0.1) is 12.0 Å². The van der Waals surface area contributed by atoms with E-state index in [-0.39, 0.29) is 0 Å². The predicted octanol–water partition coefficient (Wildman–Crippen LogP) is 3.03.